The Bertz CT molecular complexity index is 1300. The summed E-state index contributed by atoms with van der Waals surface area (Å²) in [6, 6.07) is 8.44. The number of carbonyl (C=O) groups is 2. The zero-order valence-corrected chi connectivity index (χ0v) is 24.7. The minimum Gasteiger partial charge on any atom is -0.504 e. The molecule has 0 unspecified atom stereocenters. The fourth-order valence-electron chi connectivity index (χ4n) is 2.52. The van der Waals surface area contributed by atoms with Crippen molar-refractivity contribution in [2.75, 3.05) is 48.3 Å². The molecular weight excluding hydrogens is 638 g/mol. The molecule has 0 aliphatic carbocycles. The van der Waals surface area contributed by atoms with Gasteiger partial charge in [-0.05, 0) is 42.8 Å². The lowest BCUT2D eigenvalue weighted by Gasteiger charge is -2.12. The summed E-state index contributed by atoms with van der Waals surface area (Å²) in [7, 11) is -0.0812. The molecule has 0 atom stereocenters. The number of aromatic hydroxyl groups is 1. The van der Waals surface area contributed by atoms with Crippen molar-refractivity contribution in [3.63, 3.8) is 0 Å². The van der Waals surface area contributed by atoms with Crippen LogP contribution in [0.5, 0.6) is 23.0 Å². The molecule has 0 saturated heterocycles. The zero-order chi connectivity index (χ0) is 34.1. The monoisotopic (exact) mass is 668 g/mol. The lowest BCUT2D eigenvalue weighted by Crippen LogP contribution is -2.25. The van der Waals surface area contributed by atoms with E-state index in [1.54, 1.807) is 0 Å². The Hall–Kier alpha value is -3.97. The fourth-order valence-corrected chi connectivity index (χ4v) is 3.04. The van der Waals surface area contributed by atoms with Crippen LogP contribution in [0.4, 0.5) is 26.3 Å². The average molecular weight is 669 g/mol. The van der Waals surface area contributed by atoms with Gasteiger partial charge in [0.1, 0.15) is 6.61 Å². The SMILES string of the molecule is CCCOS(=O)(=O)C(F)(F)F.COC(=O)c1ccc(O)c(OC)c1.COC(=O)c1ccc(OCCOC(F)(F)F)c(OC)c1. The Labute approximate surface area is 248 Å². The molecule has 250 valence electrons. The summed E-state index contributed by atoms with van der Waals surface area (Å²) in [5.74, 6) is -0.363. The first-order valence-electron chi connectivity index (χ1n) is 11.9. The van der Waals surface area contributed by atoms with Crippen LogP contribution in [0.15, 0.2) is 36.4 Å². The van der Waals surface area contributed by atoms with Gasteiger partial charge in [0.05, 0.1) is 52.8 Å². The summed E-state index contributed by atoms with van der Waals surface area (Å²) in [6.45, 7) is 0.104. The van der Waals surface area contributed by atoms with Gasteiger partial charge in [0.15, 0.2) is 23.0 Å². The highest BCUT2D eigenvalue weighted by molar-refractivity contribution is 7.87. The summed E-state index contributed by atoms with van der Waals surface area (Å²) in [5, 5.41) is 9.21. The van der Waals surface area contributed by atoms with Gasteiger partial charge in [0.2, 0.25) is 0 Å². The second-order valence-corrected chi connectivity index (χ2v) is 9.21. The summed E-state index contributed by atoms with van der Waals surface area (Å²) in [6.07, 6.45) is -4.47. The van der Waals surface area contributed by atoms with E-state index < -0.39 is 47.1 Å². The van der Waals surface area contributed by atoms with Crippen molar-refractivity contribution in [1.29, 1.82) is 0 Å². The van der Waals surface area contributed by atoms with E-state index in [1.807, 2.05) is 0 Å². The van der Waals surface area contributed by atoms with Crippen molar-refractivity contribution in [2.45, 2.75) is 25.2 Å². The molecule has 0 saturated carbocycles. The number of halogens is 6. The summed E-state index contributed by atoms with van der Waals surface area (Å²) >= 11 is 0. The second-order valence-electron chi connectivity index (χ2n) is 7.60. The molecule has 0 amide bonds. The lowest BCUT2D eigenvalue weighted by molar-refractivity contribution is -0.325. The van der Waals surface area contributed by atoms with E-state index >= 15 is 0 Å². The van der Waals surface area contributed by atoms with E-state index in [-0.39, 0.29) is 41.6 Å². The number of esters is 2. The van der Waals surface area contributed by atoms with Gasteiger partial charge in [-0.1, -0.05) is 6.92 Å². The number of rotatable bonds is 11. The molecule has 12 nitrogen and oxygen atoms in total. The minimum absolute atomic E-state index is 0.00449. The number of hydrogen-bond acceptors (Lipinski definition) is 12. The predicted molar refractivity (Wildman–Crippen MR) is 139 cm³/mol. The smallest absolute Gasteiger partial charge is 0.504 e. The first-order valence-corrected chi connectivity index (χ1v) is 13.3. The van der Waals surface area contributed by atoms with Crippen LogP contribution in [0.25, 0.3) is 0 Å². The Balaban J connectivity index is 0.000000669. The van der Waals surface area contributed by atoms with Crippen LogP contribution in [0, 0.1) is 0 Å². The molecule has 0 radical (unpaired) electrons. The summed E-state index contributed by atoms with van der Waals surface area (Å²) < 4.78 is 121. The largest absolute Gasteiger partial charge is 0.523 e. The fraction of sp³-hybridized carbons (Fsp3) is 0.440. The van der Waals surface area contributed by atoms with Crippen molar-refractivity contribution in [3.05, 3.63) is 47.5 Å². The van der Waals surface area contributed by atoms with Crippen molar-refractivity contribution in [1.82, 2.24) is 0 Å². The molecular formula is C25H30F6O12S. The zero-order valence-electron chi connectivity index (χ0n) is 23.9. The summed E-state index contributed by atoms with van der Waals surface area (Å²) in [5.41, 5.74) is -4.72. The van der Waals surface area contributed by atoms with Gasteiger partial charge < -0.3 is 28.8 Å². The molecule has 0 fully saturated rings. The maximum absolute atomic E-state index is 11.8. The van der Waals surface area contributed by atoms with Crippen LogP contribution in [0.3, 0.4) is 0 Å². The normalized spacial score (nSPS) is 11.2. The first kappa shape index (κ1) is 40.0. The third-order valence-corrected chi connectivity index (χ3v) is 5.56. The predicted octanol–water partition coefficient (Wildman–Crippen LogP) is 4.85. The molecule has 0 aromatic heterocycles. The number of benzene rings is 2. The topological polar surface area (TPSA) is 153 Å². The number of hydrogen-bond donors (Lipinski definition) is 1. The Morgan fingerprint density at radius 3 is 1.68 bits per heavy atom. The van der Waals surface area contributed by atoms with Crippen molar-refractivity contribution in [2.24, 2.45) is 0 Å². The molecule has 0 heterocycles. The average Bonchev–Trinajstić information content (AvgIpc) is 2.97. The molecule has 2 rings (SSSR count). The summed E-state index contributed by atoms with van der Waals surface area (Å²) in [4.78, 5) is 22.3. The van der Waals surface area contributed by atoms with Gasteiger partial charge in [-0.3, -0.25) is 8.92 Å². The van der Waals surface area contributed by atoms with Crippen molar-refractivity contribution in [3.8, 4) is 23.0 Å². The van der Waals surface area contributed by atoms with Crippen LogP contribution in [0.1, 0.15) is 34.1 Å². The van der Waals surface area contributed by atoms with Gasteiger partial charge in [-0.25, -0.2) is 9.59 Å². The van der Waals surface area contributed by atoms with Gasteiger partial charge in [0.25, 0.3) is 0 Å². The molecule has 2 aromatic carbocycles. The van der Waals surface area contributed by atoms with Gasteiger partial charge in [0, 0.05) is 0 Å². The molecule has 0 aliphatic heterocycles. The number of ether oxygens (including phenoxy) is 6. The quantitative estimate of drug-likeness (QED) is 0.115. The number of phenols is 1. The standard InChI is InChI=1S/C12H13F3O5.C9H10O4.C4H7F3O3S/c1-17-10-7-8(11(16)18-2)3-4-9(10)19-5-6-20-12(13,14)15;1-12-8-5-6(9(11)13-2)3-4-7(8)10;1-2-3-10-11(8,9)4(5,6)7/h3-4,7H,5-6H2,1-2H3;3-5,10H,1-2H3;2-3H2,1H3. The van der Waals surface area contributed by atoms with Gasteiger partial charge in [-0.15, -0.1) is 13.2 Å². The maximum Gasteiger partial charge on any atom is 0.523 e. The minimum atomic E-state index is -5.36. The van der Waals surface area contributed by atoms with E-state index in [0.717, 1.165) is 0 Å². The van der Waals surface area contributed by atoms with Crippen LogP contribution in [-0.4, -0.2) is 85.6 Å². The first-order chi connectivity index (χ1) is 20.4. The van der Waals surface area contributed by atoms with E-state index in [2.05, 4.69) is 18.4 Å². The number of methoxy groups -OCH3 is 4. The van der Waals surface area contributed by atoms with Crippen molar-refractivity contribution < 1.29 is 82.1 Å². The highest BCUT2D eigenvalue weighted by Gasteiger charge is 2.47. The molecule has 0 bridgehead atoms. The van der Waals surface area contributed by atoms with Crippen LogP contribution in [0.2, 0.25) is 0 Å². The van der Waals surface area contributed by atoms with E-state index in [9.17, 15) is 49.5 Å². The third-order valence-electron chi connectivity index (χ3n) is 4.52. The molecule has 19 heteroatoms. The highest BCUT2D eigenvalue weighted by Crippen LogP contribution is 2.29. The van der Waals surface area contributed by atoms with Crippen molar-refractivity contribution >= 4 is 22.1 Å². The number of carbonyl (C=O) groups excluding carboxylic acids is 2. The van der Waals surface area contributed by atoms with Crippen LogP contribution >= 0.6 is 0 Å². The Kier molecular flexibility index (Phi) is 17.0. The Morgan fingerprint density at radius 2 is 1.25 bits per heavy atom. The molecule has 44 heavy (non-hydrogen) atoms. The van der Waals surface area contributed by atoms with Crippen LogP contribution in [-0.2, 0) is 28.5 Å². The molecule has 0 spiro atoms. The second kappa shape index (κ2) is 18.6. The lowest BCUT2D eigenvalue weighted by atomic mass is 10.2. The molecule has 1 N–H and O–H groups in total. The molecule has 0 aliphatic rings. The van der Waals surface area contributed by atoms with Gasteiger partial charge >= 0.3 is 33.9 Å². The van der Waals surface area contributed by atoms with E-state index in [0.29, 0.717) is 5.56 Å². The van der Waals surface area contributed by atoms with E-state index in [1.165, 1.54) is 71.8 Å². The highest BCUT2D eigenvalue weighted by atomic mass is 32.2. The third kappa shape index (κ3) is 14.5. The van der Waals surface area contributed by atoms with E-state index in [4.69, 9.17) is 14.2 Å². The van der Waals surface area contributed by atoms with Gasteiger partial charge in [-0.2, -0.15) is 21.6 Å². The molecule has 2 aromatic rings. The van der Waals surface area contributed by atoms with Crippen LogP contribution < -0.4 is 14.2 Å². The number of phenolic OH excluding ortho intramolecular Hbond substituents is 1. The number of alkyl halides is 6. The maximum atomic E-state index is 11.8. The Morgan fingerprint density at radius 1 is 0.750 bits per heavy atom.